The maximum Gasteiger partial charge on any atom is 0.223 e. The number of hydrogen-bond donors (Lipinski definition) is 0. The Kier molecular flexibility index (Phi) is 6.92. The van der Waals surface area contributed by atoms with Crippen molar-refractivity contribution < 1.29 is 18.3 Å². The van der Waals surface area contributed by atoms with Gasteiger partial charge in [0.05, 0.1) is 18.4 Å². The monoisotopic (exact) mass is 382 g/mol. The lowest BCUT2D eigenvalue weighted by Crippen LogP contribution is -2.33. The van der Waals surface area contributed by atoms with Crippen molar-refractivity contribution in [1.82, 2.24) is 9.88 Å². The summed E-state index contributed by atoms with van der Waals surface area (Å²) in [5.41, 5.74) is 1.42. The van der Waals surface area contributed by atoms with Crippen LogP contribution in [0.1, 0.15) is 17.9 Å². The van der Waals surface area contributed by atoms with Crippen LogP contribution in [-0.4, -0.2) is 36.1 Å². The Bertz CT molecular complexity index is 896. The molecule has 1 aromatic heterocycles. The van der Waals surface area contributed by atoms with Gasteiger partial charge in [-0.25, -0.2) is 9.37 Å². The zero-order chi connectivity index (χ0) is 19.8. The Hall–Kier alpha value is -2.99. The molecule has 0 spiro atoms. The molecule has 0 bridgehead atoms. The van der Waals surface area contributed by atoms with Crippen LogP contribution >= 0.6 is 0 Å². The molecule has 0 saturated carbocycles. The molecule has 0 fully saturated rings. The minimum Gasteiger partial charge on any atom is -0.441 e. The van der Waals surface area contributed by atoms with Crippen LogP contribution in [-0.2, 0) is 22.5 Å². The molecule has 1 amide bonds. The molecule has 5 nitrogen and oxygen atoms in total. The molecule has 0 aliphatic heterocycles. The van der Waals surface area contributed by atoms with Crippen molar-refractivity contribution in [1.29, 1.82) is 0 Å². The molecule has 0 aliphatic rings. The number of benzene rings is 2. The van der Waals surface area contributed by atoms with Crippen LogP contribution in [0.5, 0.6) is 0 Å². The quantitative estimate of drug-likeness (QED) is 0.559. The van der Waals surface area contributed by atoms with Gasteiger partial charge in [-0.2, -0.15) is 0 Å². The van der Waals surface area contributed by atoms with Crippen LogP contribution in [0.2, 0.25) is 0 Å². The maximum atomic E-state index is 13.9. The fraction of sp³-hybridized carbons (Fsp3) is 0.273. The van der Waals surface area contributed by atoms with Gasteiger partial charge in [-0.15, -0.1) is 0 Å². The predicted molar refractivity (Wildman–Crippen MR) is 104 cm³/mol. The van der Waals surface area contributed by atoms with Crippen LogP contribution in [0.4, 0.5) is 4.39 Å². The van der Waals surface area contributed by atoms with E-state index in [2.05, 4.69) is 4.98 Å². The van der Waals surface area contributed by atoms with Crippen molar-refractivity contribution in [3.63, 3.8) is 0 Å². The highest BCUT2D eigenvalue weighted by Crippen LogP contribution is 2.23. The van der Waals surface area contributed by atoms with Crippen LogP contribution in [0.25, 0.3) is 11.3 Å². The van der Waals surface area contributed by atoms with Crippen molar-refractivity contribution in [3.8, 4) is 11.3 Å². The molecule has 0 unspecified atom stereocenters. The van der Waals surface area contributed by atoms with Gasteiger partial charge >= 0.3 is 0 Å². The minimum absolute atomic E-state index is 0.00783. The zero-order valence-corrected chi connectivity index (χ0v) is 15.8. The number of ether oxygens (including phenoxy) is 1. The molecular formula is C22H23FN2O3. The summed E-state index contributed by atoms with van der Waals surface area (Å²) in [5, 5.41) is 0. The van der Waals surface area contributed by atoms with E-state index in [4.69, 9.17) is 9.15 Å². The number of amides is 1. The Labute approximate surface area is 163 Å². The first kappa shape index (κ1) is 19.8. The van der Waals surface area contributed by atoms with Gasteiger partial charge in [0, 0.05) is 33.0 Å². The lowest BCUT2D eigenvalue weighted by atomic mass is 10.2. The van der Waals surface area contributed by atoms with Crippen LogP contribution in [0.3, 0.4) is 0 Å². The molecule has 3 rings (SSSR count). The fourth-order valence-corrected chi connectivity index (χ4v) is 2.88. The van der Waals surface area contributed by atoms with E-state index in [1.165, 1.54) is 12.3 Å². The molecule has 0 aliphatic carbocycles. The molecule has 0 atom stereocenters. The Morgan fingerprint density at radius 2 is 1.89 bits per heavy atom. The molecule has 146 valence electrons. The Morgan fingerprint density at radius 3 is 2.64 bits per heavy atom. The van der Waals surface area contributed by atoms with Crippen molar-refractivity contribution >= 4 is 5.91 Å². The summed E-state index contributed by atoms with van der Waals surface area (Å²) >= 11 is 0. The summed E-state index contributed by atoms with van der Waals surface area (Å²) in [6, 6.07) is 16.2. The largest absolute Gasteiger partial charge is 0.441 e. The summed E-state index contributed by atoms with van der Waals surface area (Å²) in [6.45, 7) is 1.50. The summed E-state index contributed by atoms with van der Waals surface area (Å²) in [6.07, 6.45) is 2.10. The smallest absolute Gasteiger partial charge is 0.223 e. The third-order valence-electron chi connectivity index (χ3n) is 4.38. The van der Waals surface area contributed by atoms with E-state index in [-0.39, 0.29) is 18.1 Å². The number of halogens is 1. The highest BCUT2D eigenvalue weighted by molar-refractivity contribution is 5.76. The second kappa shape index (κ2) is 9.80. The van der Waals surface area contributed by atoms with E-state index in [9.17, 15) is 9.18 Å². The lowest BCUT2D eigenvalue weighted by molar-refractivity contribution is -0.132. The van der Waals surface area contributed by atoms with Gasteiger partial charge in [0.2, 0.25) is 5.91 Å². The predicted octanol–water partition coefficient (Wildman–Crippen LogP) is 4.09. The van der Waals surface area contributed by atoms with Gasteiger partial charge in [-0.1, -0.05) is 42.5 Å². The number of aromatic nitrogens is 1. The normalized spacial score (nSPS) is 10.8. The van der Waals surface area contributed by atoms with E-state index in [1.807, 2.05) is 30.3 Å². The second-order valence-electron chi connectivity index (χ2n) is 6.39. The average Bonchev–Trinajstić information content (AvgIpc) is 3.19. The average molecular weight is 382 g/mol. The number of hydrogen-bond acceptors (Lipinski definition) is 4. The van der Waals surface area contributed by atoms with Gasteiger partial charge in [-0.05, 0) is 17.7 Å². The second-order valence-corrected chi connectivity index (χ2v) is 6.39. The molecular weight excluding hydrogens is 359 g/mol. The van der Waals surface area contributed by atoms with E-state index in [0.29, 0.717) is 43.3 Å². The summed E-state index contributed by atoms with van der Waals surface area (Å²) < 4.78 is 24.6. The summed E-state index contributed by atoms with van der Waals surface area (Å²) in [5.74, 6) is 0.403. The fourth-order valence-electron chi connectivity index (χ4n) is 2.88. The Balaban J connectivity index is 1.61. The highest BCUT2D eigenvalue weighted by atomic mass is 19.1. The first-order chi connectivity index (χ1) is 13.7. The minimum atomic E-state index is -0.366. The number of nitrogens with zero attached hydrogens (tertiary/aromatic N) is 2. The Morgan fingerprint density at radius 1 is 1.14 bits per heavy atom. The first-order valence-corrected chi connectivity index (χ1v) is 9.17. The number of rotatable bonds is 9. The highest BCUT2D eigenvalue weighted by Gasteiger charge is 2.16. The molecule has 1 heterocycles. The number of oxazole rings is 1. The zero-order valence-electron chi connectivity index (χ0n) is 15.8. The third-order valence-corrected chi connectivity index (χ3v) is 4.38. The van der Waals surface area contributed by atoms with Gasteiger partial charge < -0.3 is 14.1 Å². The van der Waals surface area contributed by atoms with Gasteiger partial charge in [-0.3, -0.25) is 4.79 Å². The molecule has 0 radical (unpaired) electrons. The van der Waals surface area contributed by atoms with Gasteiger partial charge in [0.15, 0.2) is 11.7 Å². The number of aryl methyl sites for hydroxylation is 1. The van der Waals surface area contributed by atoms with E-state index in [0.717, 1.165) is 5.56 Å². The van der Waals surface area contributed by atoms with Crippen molar-refractivity contribution in [2.75, 3.05) is 20.3 Å². The van der Waals surface area contributed by atoms with Crippen molar-refractivity contribution in [2.45, 2.75) is 19.4 Å². The maximum absolute atomic E-state index is 13.9. The number of carbonyl (C=O) groups is 1. The standard InChI is InChI=1S/C22H23FN2O3/c1-27-14-13-25(16-17-7-3-2-4-8-17)22(26)12-11-21-24-15-20(28-21)18-9-5-6-10-19(18)23/h2-10,15H,11-14,16H2,1H3. The van der Waals surface area contributed by atoms with Crippen molar-refractivity contribution in [2.24, 2.45) is 0 Å². The molecule has 2 aromatic carbocycles. The molecule has 28 heavy (non-hydrogen) atoms. The number of methoxy groups -OCH3 is 1. The molecule has 0 N–H and O–H groups in total. The molecule has 3 aromatic rings. The summed E-state index contributed by atoms with van der Waals surface area (Å²) in [7, 11) is 1.61. The van der Waals surface area contributed by atoms with Crippen LogP contribution in [0.15, 0.2) is 65.2 Å². The van der Waals surface area contributed by atoms with Gasteiger partial charge in [0.1, 0.15) is 5.82 Å². The SMILES string of the molecule is COCCN(Cc1ccccc1)C(=O)CCc1ncc(-c2ccccc2F)o1. The topological polar surface area (TPSA) is 55.6 Å². The molecule has 6 heteroatoms. The molecule has 0 saturated heterocycles. The first-order valence-electron chi connectivity index (χ1n) is 9.17. The summed E-state index contributed by atoms with van der Waals surface area (Å²) in [4.78, 5) is 18.6. The van der Waals surface area contributed by atoms with Crippen LogP contribution < -0.4 is 0 Å². The lowest BCUT2D eigenvalue weighted by Gasteiger charge is -2.22. The van der Waals surface area contributed by atoms with E-state index < -0.39 is 0 Å². The van der Waals surface area contributed by atoms with E-state index >= 15 is 0 Å². The van der Waals surface area contributed by atoms with Crippen LogP contribution in [0, 0.1) is 5.82 Å². The third kappa shape index (κ3) is 5.27. The van der Waals surface area contributed by atoms with Gasteiger partial charge in [0.25, 0.3) is 0 Å². The van der Waals surface area contributed by atoms with Crippen molar-refractivity contribution in [3.05, 3.63) is 78.1 Å². The van der Waals surface area contributed by atoms with E-state index in [1.54, 1.807) is 30.2 Å². The number of carbonyl (C=O) groups excluding carboxylic acids is 1.